The van der Waals surface area contributed by atoms with Crippen LogP contribution in [0.25, 0.3) is 0 Å². The van der Waals surface area contributed by atoms with Crippen LogP contribution >= 0.6 is 0 Å². The van der Waals surface area contributed by atoms with Crippen LogP contribution in [0.3, 0.4) is 0 Å². The van der Waals surface area contributed by atoms with Crippen molar-refractivity contribution in [1.29, 1.82) is 0 Å². The molecule has 20 heavy (non-hydrogen) atoms. The summed E-state index contributed by atoms with van der Waals surface area (Å²) in [5, 5.41) is 38.2. The Balaban J connectivity index is 2.08. The maximum Gasteiger partial charge on any atom is 0.229 e. The second kappa shape index (κ2) is 6.29. The van der Waals surface area contributed by atoms with Gasteiger partial charge in [-0.2, -0.15) is 0 Å². The Morgan fingerprint density at radius 2 is 1.75 bits per heavy atom. The summed E-state index contributed by atoms with van der Waals surface area (Å²) in [5.74, 6) is 0.390. The van der Waals surface area contributed by atoms with Crippen LogP contribution in [-0.4, -0.2) is 64.5 Å². The summed E-state index contributed by atoms with van der Waals surface area (Å²) in [7, 11) is 0. The maximum absolute atomic E-state index is 9.81. The van der Waals surface area contributed by atoms with Gasteiger partial charge in [-0.05, 0) is 31.0 Å². The normalized spacial score (nSPS) is 33.7. The average molecular weight is 283 g/mol. The van der Waals surface area contributed by atoms with E-state index in [2.05, 4.69) is 11.7 Å². The van der Waals surface area contributed by atoms with Gasteiger partial charge >= 0.3 is 0 Å². The number of aliphatic hydroxyl groups is 4. The van der Waals surface area contributed by atoms with E-state index in [9.17, 15) is 15.3 Å². The number of aliphatic imine (C=N–C) groups is 1. The molecule has 1 unspecified atom stereocenters. The first-order chi connectivity index (χ1) is 9.56. The van der Waals surface area contributed by atoms with Crippen LogP contribution in [0.1, 0.15) is 0 Å². The quantitative estimate of drug-likeness (QED) is 0.538. The van der Waals surface area contributed by atoms with Crippen molar-refractivity contribution in [2.45, 2.75) is 30.7 Å². The smallest absolute Gasteiger partial charge is 0.229 e. The molecule has 0 aliphatic carbocycles. The van der Waals surface area contributed by atoms with E-state index in [0.29, 0.717) is 11.4 Å². The summed E-state index contributed by atoms with van der Waals surface area (Å²) in [6.07, 6.45) is -6.46. The van der Waals surface area contributed by atoms with Crippen LogP contribution in [0.2, 0.25) is 0 Å². The van der Waals surface area contributed by atoms with Gasteiger partial charge < -0.3 is 29.9 Å². The molecule has 7 heteroatoms. The van der Waals surface area contributed by atoms with Crippen molar-refractivity contribution in [3.05, 3.63) is 24.3 Å². The first-order valence-corrected chi connectivity index (χ1v) is 6.10. The molecule has 1 aromatic rings. The van der Waals surface area contributed by atoms with Gasteiger partial charge in [0.1, 0.15) is 30.2 Å². The minimum absolute atomic E-state index is 0.390. The molecule has 0 radical (unpaired) electrons. The number of nitrogens with zero attached hydrogens (tertiary/aromatic N) is 1. The van der Waals surface area contributed by atoms with Gasteiger partial charge in [-0.25, -0.2) is 0 Å². The van der Waals surface area contributed by atoms with Gasteiger partial charge in [0.15, 0.2) is 0 Å². The molecule has 110 valence electrons. The molecular formula is C13H17NO6. The van der Waals surface area contributed by atoms with Gasteiger partial charge in [-0.1, -0.05) is 0 Å². The third-order valence-corrected chi connectivity index (χ3v) is 3.12. The molecule has 5 atom stereocenters. The minimum atomic E-state index is -1.46. The van der Waals surface area contributed by atoms with Crippen molar-refractivity contribution in [2.75, 3.05) is 6.61 Å². The van der Waals surface area contributed by atoms with Crippen molar-refractivity contribution in [3.8, 4) is 5.75 Å². The molecule has 0 amide bonds. The Labute approximate surface area is 115 Å². The van der Waals surface area contributed by atoms with Gasteiger partial charge in [-0.3, -0.25) is 4.99 Å². The average Bonchev–Trinajstić information content (AvgIpc) is 2.48. The van der Waals surface area contributed by atoms with Gasteiger partial charge in [0, 0.05) is 0 Å². The second-order valence-corrected chi connectivity index (χ2v) is 4.47. The molecule has 1 heterocycles. The molecule has 0 saturated carbocycles. The molecule has 0 aromatic heterocycles. The molecule has 1 aliphatic rings. The molecular weight excluding hydrogens is 266 g/mol. The van der Waals surface area contributed by atoms with E-state index in [1.807, 2.05) is 0 Å². The SMILES string of the molecule is C=Nc1ccc(O[C@H]2OC(CO)[C@@H](O)[C@H](O)[C@@H]2O)cc1. The highest BCUT2D eigenvalue weighted by Crippen LogP contribution is 2.25. The molecule has 1 aliphatic heterocycles. The third-order valence-electron chi connectivity index (χ3n) is 3.12. The van der Waals surface area contributed by atoms with E-state index in [1.54, 1.807) is 24.3 Å². The molecule has 2 rings (SSSR count). The van der Waals surface area contributed by atoms with Crippen LogP contribution in [-0.2, 0) is 4.74 Å². The molecule has 0 spiro atoms. The number of rotatable bonds is 4. The number of benzene rings is 1. The minimum Gasteiger partial charge on any atom is -0.462 e. The maximum atomic E-state index is 9.81. The number of aliphatic hydroxyl groups excluding tert-OH is 4. The second-order valence-electron chi connectivity index (χ2n) is 4.47. The molecule has 1 saturated heterocycles. The highest BCUT2D eigenvalue weighted by atomic mass is 16.7. The highest BCUT2D eigenvalue weighted by molar-refractivity contribution is 5.47. The van der Waals surface area contributed by atoms with Gasteiger partial charge in [0.05, 0.1) is 12.3 Å². The lowest BCUT2D eigenvalue weighted by Gasteiger charge is -2.39. The van der Waals surface area contributed by atoms with E-state index in [4.69, 9.17) is 14.6 Å². The fourth-order valence-electron chi connectivity index (χ4n) is 1.93. The summed E-state index contributed by atoms with van der Waals surface area (Å²) >= 11 is 0. The highest BCUT2D eigenvalue weighted by Gasteiger charge is 2.44. The number of hydrogen-bond donors (Lipinski definition) is 4. The van der Waals surface area contributed by atoms with Gasteiger partial charge in [0.2, 0.25) is 6.29 Å². The van der Waals surface area contributed by atoms with E-state index in [-0.39, 0.29) is 0 Å². The lowest BCUT2D eigenvalue weighted by Crippen LogP contribution is -2.60. The molecule has 4 N–H and O–H groups in total. The van der Waals surface area contributed by atoms with Crippen LogP contribution in [0, 0.1) is 0 Å². The zero-order chi connectivity index (χ0) is 14.7. The fourth-order valence-corrected chi connectivity index (χ4v) is 1.93. The van der Waals surface area contributed by atoms with Crippen molar-refractivity contribution < 1.29 is 29.9 Å². The van der Waals surface area contributed by atoms with E-state index in [0.717, 1.165) is 0 Å². The van der Waals surface area contributed by atoms with Crippen molar-refractivity contribution in [1.82, 2.24) is 0 Å². The summed E-state index contributed by atoms with van der Waals surface area (Å²) in [4.78, 5) is 3.73. The molecule has 1 aromatic carbocycles. The Morgan fingerprint density at radius 3 is 2.30 bits per heavy atom. The zero-order valence-corrected chi connectivity index (χ0v) is 10.7. The van der Waals surface area contributed by atoms with E-state index < -0.39 is 37.3 Å². The van der Waals surface area contributed by atoms with E-state index in [1.165, 1.54) is 0 Å². The number of ether oxygens (including phenoxy) is 2. The lowest BCUT2D eigenvalue weighted by molar-refractivity contribution is -0.277. The van der Waals surface area contributed by atoms with Crippen LogP contribution in [0.4, 0.5) is 5.69 Å². The topological polar surface area (TPSA) is 112 Å². The summed E-state index contributed by atoms with van der Waals surface area (Å²) in [5.41, 5.74) is 0.658. The predicted octanol–water partition coefficient (Wildman–Crippen LogP) is -0.803. The van der Waals surface area contributed by atoms with E-state index >= 15 is 0 Å². The Morgan fingerprint density at radius 1 is 1.10 bits per heavy atom. The summed E-state index contributed by atoms with van der Waals surface area (Å²) < 4.78 is 10.6. The molecule has 1 fully saturated rings. The summed E-state index contributed by atoms with van der Waals surface area (Å²) in [6, 6.07) is 6.52. The van der Waals surface area contributed by atoms with Crippen molar-refractivity contribution >= 4 is 12.4 Å². The fraction of sp³-hybridized carbons (Fsp3) is 0.462. The first-order valence-electron chi connectivity index (χ1n) is 6.10. The predicted molar refractivity (Wildman–Crippen MR) is 70.0 cm³/mol. The zero-order valence-electron chi connectivity index (χ0n) is 10.7. The Hall–Kier alpha value is -1.51. The van der Waals surface area contributed by atoms with Crippen molar-refractivity contribution in [2.24, 2.45) is 4.99 Å². The van der Waals surface area contributed by atoms with Crippen LogP contribution in [0.5, 0.6) is 5.75 Å². The molecule has 0 bridgehead atoms. The Bertz CT molecular complexity index is 449. The standard InChI is InChI=1S/C13H17NO6/c1-14-7-2-4-8(5-3-7)19-13-12(18)11(17)10(16)9(6-15)20-13/h2-5,9-13,15-18H,1,6H2/t9?,10-,11+,12+,13+/m1/s1. The van der Waals surface area contributed by atoms with Crippen molar-refractivity contribution in [3.63, 3.8) is 0 Å². The van der Waals surface area contributed by atoms with Gasteiger partial charge in [-0.15, -0.1) is 0 Å². The summed E-state index contributed by atoms with van der Waals surface area (Å²) in [6.45, 7) is 2.89. The Kier molecular flexibility index (Phi) is 4.69. The van der Waals surface area contributed by atoms with Gasteiger partial charge in [0.25, 0.3) is 0 Å². The largest absolute Gasteiger partial charge is 0.462 e. The third kappa shape index (κ3) is 2.97. The number of hydrogen-bond acceptors (Lipinski definition) is 7. The molecule has 7 nitrogen and oxygen atoms in total. The lowest BCUT2D eigenvalue weighted by atomic mass is 9.99. The van der Waals surface area contributed by atoms with Crippen LogP contribution in [0.15, 0.2) is 29.3 Å². The first kappa shape index (κ1) is 14.9. The monoisotopic (exact) mass is 283 g/mol. The van der Waals surface area contributed by atoms with Crippen LogP contribution < -0.4 is 4.74 Å².